The third-order valence-corrected chi connectivity index (χ3v) is 13.2. The number of hydrogen-bond donors (Lipinski definition) is 0. The minimum atomic E-state index is -0.785. The molecule has 0 aromatic rings. The zero-order valence-electron chi connectivity index (χ0n) is 47.0. The summed E-state index contributed by atoms with van der Waals surface area (Å²) in [7, 11) is 0. The number of carbonyl (C=O) groups is 3. The Kier molecular flexibility index (Phi) is 56.8. The first-order chi connectivity index (χ1) is 35.0. The summed E-state index contributed by atoms with van der Waals surface area (Å²) in [5, 5.41) is 0. The molecule has 0 aliphatic heterocycles. The molecule has 71 heavy (non-hydrogen) atoms. The highest BCUT2D eigenvalue weighted by molar-refractivity contribution is 5.71. The Morgan fingerprint density at radius 3 is 0.873 bits per heavy atom. The second-order valence-corrected chi connectivity index (χ2v) is 20.2. The maximum atomic E-state index is 12.9. The third kappa shape index (κ3) is 57.6. The maximum absolute atomic E-state index is 12.9. The minimum absolute atomic E-state index is 0.0807. The normalized spacial score (nSPS) is 12.5. The first-order valence-corrected chi connectivity index (χ1v) is 30.4. The van der Waals surface area contributed by atoms with Crippen LogP contribution in [0.1, 0.15) is 303 Å². The van der Waals surface area contributed by atoms with Crippen molar-refractivity contribution in [3.63, 3.8) is 0 Å². The Labute approximate surface area is 440 Å². The number of rotatable bonds is 55. The molecule has 1 atom stereocenters. The molecule has 6 nitrogen and oxygen atoms in total. The van der Waals surface area contributed by atoms with Crippen molar-refractivity contribution in [3.05, 3.63) is 72.9 Å². The van der Waals surface area contributed by atoms with Gasteiger partial charge in [0.25, 0.3) is 0 Å². The second-order valence-electron chi connectivity index (χ2n) is 20.2. The number of hydrogen-bond acceptors (Lipinski definition) is 6. The topological polar surface area (TPSA) is 78.9 Å². The smallest absolute Gasteiger partial charge is 0.306 e. The lowest BCUT2D eigenvalue weighted by molar-refractivity contribution is -0.167. The van der Waals surface area contributed by atoms with Crippen LogP contribution in [0, 0.1) is 0 Å². The fraction of sp³-hybridized carbons (Fsp3) is 0.769. The van der Waals surface area contributed by atoms with E-state index in [1.54, 1.807) is 0 Å². The summed E-state index contributed by atoms with van der Waals surface area (Å²) in [6.45, 7) is 6.54. The molecule has 0 aliphatic rings. The van der Waals surface area contributed by atoms with Crippen molar-refractivity contribution in [2.24, 2.45) is 0 Å². The summed E-state index contributed by atoms with van der Waals surface area (Å²) in [6.07, 6.45) is 76.0. The highest BCUT2D eigenvalue weighted by atomic mass is 16.6. The van der Waals surface area contributed by atoms with E-state index in [0.29, 0.717) is 19.3 Å². The first-order valence-electron chi connectivity index (χ1n) is 30.4. The van der Waals surface area contributed by atoms with Crippen molar-refractivity contribution in [1.82, 2.24) is 0 Å². The average Bonchev–Trinajstić information content (AvgIpc) is 3.37. The highest BCUT2D eigenvalue weighted by Gasteiger charge is 2.19. The van der Waals surface area contributed by atoms with Gasteiger partial charge >= 0.3 is 17.9 Å². The van der Waals surface area contributed by atoms with Crippen LogP contribution >= 0.6 is 0 Å². The molecule has 0 N–H and O–H groups in total. The molecule has 0 fully saturated rings. The van der Waals surface area contributed by atoms with Crippen LogP contribution in [-0.2, 0) is 28.6 Å². The van der Waals surface area contributed by atoms with Crippen molar-refractivity contribution in [2.45, 2.75) is 309 Å². The molecule has 0 amide bonds. The number of ether oxygens (including phenoxy) is 3. The van der Waals surface area contributed by atoms with E-state index in [1.165, 1.54) is 154 Å². The zero-order valence-corrected chi connectivity index (χ0v) is 47.0. The van der Waals surface area contributed by atoms with E-state index in [0.717, 1.165) is 109 Å². The lowest BCUT2D eigenvalue weighted by atomic mass is 10.0. The van der Waals surface area contributed by atoms with E-state index in [4.69, 9.17) is 14.2 Å². The Balaban J connectivity index is 4.40. The molecule has 0 radical (unpaired) electrons. The molecular weight excluding hydrogens is 877 g/mol. The van der Waals surface area contributed by atoms with Gasteiger partial charge in [-0.15, -0.1) is 0 Å². The van der Waals surface area contributed by atoms with Gasteiger partial charge in [0.15, 0.2) is 6.10 Å². The van der Waals surface area contributed by atoms with Gasteiger partial charge in [-0.25, -0.2) is 0 Å². The molecule has 0 rings (SSSR count). The van der Waals surface area contributed by atoms with E-state index >= 15 is 0 Å². The van der Waals surface area contributed by atoms with Gasteiger partial charge in [-0.05, 0) is 89.9 Å². The summed E-state index contributed by atoms with van der Waals surface area (Å²) >= 11 is 0. The van der Waals surface area contributed by atoms with Crippen LogP contribution in [0.25, 0.3) is 0 Å². The lowest BCUT2D eigenvalue weighted by Gasteiger charge is -2.18. The molecule has 0 aromatic heterocycles. The number of carbonyl (C=O) groups excluding carboxylic acids is 3. The number of allylic oxidation sites excluding steroid dienone is 12. The lowest BCUT2D eigenvalue weighted by Crippen LogP contribution is -2.30. The molecule has 0 bridgehead atoms. The van der Waals surface area contributed by atoms with Crippen molar-refractivity contribution < 1.29 is 28.6 Å². The van der Waals surface area contributed by atoms with Crippen LogP contribution in [0.2, 0.25) is 0 Å². The average molecular weight is 992 g/mol. The summed E-state index contributed by atoms with van der Waals surface area (Å²) in [5.74, 6) is -0.891. The van der Waals surface area contributed by atoms with Gasteiger partial charge in [0.1, 0.15) is 13.2 Å². The maximum Gasteiger partial charge on any atom is 0.306 e. The Morgan fingerprint density at radius 2 is 0.549 bits per heavy atom. The van der Waals surface area contributed by atoms with Crippen LogP contribution in [0.3, 0.4) is 0 Å². The van der Waals surface area contributed by atoms with E-state index < -0.39 is 6.10 Å². The summed E-state index contributed by atoms with van der Waals surface area (Å²) in [4.78, 5) is 38.2. The summed E-state index contributed by atoms with van der Waals surface area (Å²) in [5.41, 5.74) is 0. The van der Waals surface area contributed by atoms with Gasteiger partial charge in [0.2, 0.25) is 0 Å². The van der Waals surface area contributed by atoms with Crippen molar-refractivity contribution in [3.8, 4) is 0 Å². The molecule has 0 spiro atoms. The molecule has 410 valence electrons. The van der Waals surface area contributed by atoms with Crippen LogP contribution < -0.4 is 0 Å². The van der Waals surface area contributed by atoms with Gasteiger partial charge in [-0.3, -0.25) is 14.4 Å². The second kappa shape index (κ2) is 59.4. The van der Waals surface area contributed by atoms with Gasteiger partial charge in [0.05, 0.1) is 0 Å². The van der Waals surface area contributed by atoms with E-state index in [2.05, 4.69) is 93.7 Å². The first kappa shape index (κ1) is 67.8. The van der Waals surface area contributed by atoms with Gasteiger partial charge in [-0.2, -0.15) is 0 Å². The van der Waals surface area contributed by atoms with Crippen LogP contribution in [0.15, 0.2) is 72.9 Å². The van der Waals surface area contributed by atoms with Crippen LogP contribution in [-0.4, -0.2) is 37.2 Å². The Bertz CT molecular complexity index is 1320. The van der Waals surface area contributed by atoms with E-state index in [1.807, 2.05) is 0 Å². The summed E-state index contributed by atoms with van der Waals surface area (Å²) in [6, 6.07) is 0. The minimum Gasteiger partial charge on any atom is -0.462 e. The molecule has 1 unspecified atom stereocenters. The molecule has 0 aromatic carbocycles. The van der Waals surface area contributed by atoms with E-state index in [9.17, 15) is 14.4 Å². The van der Waals surface area contributed by atoms with E-state index in [-0.39, 0.29) is 31.1 Å². The fourth-order valence-corrected chi connectivity index (χ4v) is 8.64. The number of unbranched alkanes of at least 4 members (excludes halogenated alkanes) is 32. The standard InChI is InChI=1S/C65H114O6/c1-4-7-10-13-16-19-22-25-28-30-32-33-34-36-37-40-43-46-49-52-55-58-64(67)70-61-62(60-69-63(66)57-54-51-48-45-42-39-27-24-21-18-15-12-9-6-3)71-65(68)59-56-53-50-47-44-41-38-35-31-29-26-23-20-17-14-11-8-5-2/h7,10,16,19,25,28-29,31-33,36-37,62H,4-6,8-9,11-15,17-18,20-24,26-27,30,34-35,38-61H2,1-3H3/b10-7-,19-16-,28-25-,31-29-,33-32-,37-36-. The highest BCUT2D eigenvalue weighted by Crippen LogP contribution is 2.16. The van der Waals surface area contributed by atoms with Gasteiger partial charge < -0.3 is 14.2 Å². The molecule has 0 saturated heterocycles. The van der Waals surface area contributed by atoms with Crippen LogP contribution in [0.5, 0.6) is 0 Å². The quantitative estimate of drug-likeness (QED) is 0.0261. The molecule has 0 heterocycles. The van der Waals surface area contributed by atoms with Crippen molar-refractivity contribution in [2.75, 3.05) is 13.2 Å². The largest absolute Gasteiger partial charge is 0.462 e. The zero-order chi connectivity index (χ0) is 51.4. The van der Waals surface area contributed by atoms with Crippen molar-refractivity contribution >= 4 is 17.9 Å². The SMILES string of the molecule is CC/C=C\C/C=C\C/C=C\C/C=C\C/C=C\CCCCCCCC(=O)OCC(COC(=O)CCCCCCCCCCCCCCCC)OC(=O)CCCCCCCCC/C=C\CCCCCCCCC. The fourth-order valence-electron chi connectivity index (χ4n) is 8.64. The van der Waals surface area contributed by atoms with Gasteiger partial charge in [-0.1, -0.05) is 267 Å². The predicted octanol–water partition coefficient (Wildman–Crippen LogP) is 20.5. The molecule has 0 saturated carbocycles. The third-order valence-electron chi connectivity index (χ3n) is 13.2. The molecular formula is C65H114O6. The van der Waals surface area contributed by atoms with Crippen molar-refractivity contribution in [1.29, 1.82) is 0 Å². The monoisotopic (exact) mass is 991 g/mol. The Hall–Kier alpha value is -3.15. The van der Waals surface area contributed by atoms with Crippen LogP contribution in [0.4, 0.5) is 0 Å². The van der Waals surface area contributed by atoms with Gasteiger partial charge in [0, 0.05) is 19.3 Å². The molecule has 0 aliphatic carbocycles. The number of esters is 3. The Morgan fingerprint density at radius 1 is 0.296 bits per heavy atom. The molecule has 6 heteroatoms. The summed E-state index contributed by atoms with van der Waals surface area (Å²) < 4.78 is 16.9. The predicted molar refractivity (Wildman–Crippen MR) is 307 cm³/mol.